The minimum Gasteiger partial charge on any atom is -0.348 e. The molecular formula is C21H25F2NO3S. The van der Waals surface area contributed by atoms with Crippen molar-refractivity contribution < 1.29 is 22.0 Å². The van der Waals surface area contributed by atoms with Gasteiger partial charge in [-0.3, -0.25) is 4.79 Å². The normalized spacial score (nSPS) is 12.5. The Balaban J connectivity index is 2.14. The van der Waals surface area contributed by atoms with Crippen molar-refractivity contribution in [2.45, 2.75) is 38.6 Å². The first kappa shape index (κ1) is 22.0. The topological polar surface area (TPSA) is 63.2 Å². The third-order valence-electron chi connectivity index (χ3n) is 4.33. The lowest BCUT2D eigenvalue weighted by Gasteiger charge is -2.20. The Morgan fingerprint density at radius 2 is 1.71 bits per heavy atom. The first-order chi connectivity index (χ1) is 13.3. The van der Waals surface area contributed by atoms with Crippen LogP contribution in [0.1, 0.15) is 43.4 Å². The van der Waals surface area contributed by atoms with E-state index in [1.165, 1.54) is 30.3 Å². The van der Waals surface area contributed by atoms with Crippen LogP contribution in [-0.2, 0) is 21.1 Å². The summed E-state index contributed by atoms with van der Waals surface area (Å²) in [4.78, 5) is 12.4. The number of rotatable bonds is 10. The molecule has 28 heavy (non-hydrogen) atoms. The summed E-state index contributed by atoms with van der Waals surface area (Å²) >= 11 is 0. The van der Waals surface area contributed by atoms with Gasteiger partial charge in [-0.15, -0.1) is 0 Å². The molecule has 1 atom stereocenters. The van der Waals surface area contributed by atoms with Crippen molar-refractivity contribution in [3.8, 4) is 0 Å². The van der Waals surface area contributed by atoms with E-state index in [9.17, 15) is 22.0 Å². The van der Waals surface area contributed by atoms with Gasteiger partial charge in [0.2, 0.25) is 5.91 Å². The number of hydrogen-bond donors (Lipinski definition) is 1. The number of benzene rings is 2. The Morgan fingerprint density at radius 1 is 1.04 bits per heavy atom. The molecule has 0 aliphatic heterocycles. The summed E-state index contributed by atoms with van der Waals surface area (Å²) in [5.41, 5.74) is 1.10. The van der Waals surface area contributed by atoms with Crippen LogP contribution in [0, 0.1) is 11.6 Å². The summed E-state index contributed by atoms with van der Waals surface area (Å²) in [5, 5.41) is 2.67. The maximum absolute atomic E-state index is 13.6. The predicted octanol–water partition coefficient (Wildman–Crippen LogP) is 3.97. The van der Waals surface area contributed by atoms with Crippen LogP contribution in [-0.4, -0.2) is 25.8 Å². The average Bonchev–Trinajstić information content (AvgIpc) is 2.61. The molecule has 4 nitrogen and oxygen atoms in total. The number of halogens is 2. The van der Waals surface area contributed by atoms with Crippen LogP contribution in [0.25, 0.3) is 0 Å². The average molecular weight is 409 g/mol. The lowest BCUT2D eigenvalue weighted by molar-refractivity contribution is -0.119. The van der Waals surface area contributed by atoms with E-state index in [0.29, 0.717) is 17.5 Å². The number of carbonyl (C=O) groups excluding carboxylic acids is 1. The minimum atomic E-state index is -3.51. The van der Waals surface area contributed by atoms with E-state index >= 15 is 0 Å². The first-order valence-electron chi connectivity index (χ1n) is 9.29. The van der Waals surface area contributed by atoms with Gasteiger partial charge in [-0.2, -0.15) is 0 Å². The molecule has 1 N–H and O–H groups in total. The van der Waals surface area contributed by atoms with Crippen molar-refractivity contribution in [1.29, 1.82) is 0 Å². The minimum absolute atomic E-state index is 0.0389. The van der Waals surface area contributed by atoms with Crippen LogP contribution in [0.5, 0.6) is 0 Å². The molecule has 2 rings (SSSR count). The molecule has 0 aromatic heterocycles. The molecule has 0 aliphatic rings. The quantitative estimate of drug-likeness (QED) is 0.604. The summed E-state index contributed by atoms with van der Waals surface area (Å²) in [5.74, 6) is -2.19. The second-order valence-corrected chi connectivity index (χ2v) is 8.99. The standard InChI is InChI=1S/C21H25F2NO3S/c1-2-3-4-11-28(26,27)15-21(25)24-20(17-8-6-10-19(23)14-17)13-16-7-5-9-18(22)12-16/h5-10,12,14,20H,2-4,11,13,15H2,1H3,(H,24,25). The highest BCUT2D eigenvalue weighted by atomic mass is 32.2. The van der Waals surface area contributed by atoms with Gasteiger partial charge < -0.3 is 5.32 Å². The van der Waals surface area contributed by atoms with Crippen molar-refractivity contribution in [2.24, 2.45) is 0 Å². The van der Waals surface area contributed by atoms with Crippen LogP contribution in [0.2, 0.25) is 0 Å². The van der Waals surface area contributed by atoms with E-state index in [0.717, 1.165) is 12.8 Å². The molecule has 0 aliphatic carbocycles. The van der Waals surface area contributed by atoms with E-state index in [1.54, 1.807) is 18.2 Å². The molecule has 0 heterocycles. The first-order valence-corrected chi connectivity index (χ1v) is 11.1. The number of unbranched alkanes of at least 4 members (excludes halogenated alkanes) is 2. The van der Waals surface area contributed by atoms with Gasteiger partial charge in [-0.1, -0.05) is 44.0 Å². The summed E-state index contributed by atoms with van der Waals surface area (Å²) < 4.78 is 51.4. The molecule has 152 valence electrons. The maximum Gasteiger partial charge on any atom is 0.235 e. The highest BCUT2D eigenvalue weighted by Crippen LogP contribution is 2.20. The number of carbonyl (C=O) groups is 1. The van der Waals surface area contributed by atoms with Gasteiger partial charge in [-0.25, -0.2) is 17.2 Å². The van der Waals surface area contributed by atoms with Crippen LogP contribution >= 0.6 is 0 Å². The molecule has 0 spiro atoms. The van der Waals surface area contributed by atoms with Crippen molar-refractivity contribution in [3.05, 3.63) is 71.3 Å². The third-order valence-corrected chi connectivity index (χ3v) is 5.94. The molecule has 2 aromatic rings. The predicted molar refractivity (Wildman–Crippen MR) is 106 cm³/mol. The molecule has 7 heteroatoms. The van der Waals surface area contributed by atoms with Crippen LogP contribution in [0.4, 0.5) is 8.78 Å². The lowest BCUT2D eigenvalue weighted by atomic mass is 9.98. The van der Waals surface area contributed by atoms with Crippen molar-refractivity contribution in [3.63, 3.8) is 0 Å². The van der Waals surface area contributed by atoms with Gasteiger partial charge in [0.25, 0.3) is 0 Å². The van der Waals surface area contributed by atoms with Crippen molar-refractivity contribution in [1.82, 2.24) is 5.32 Å². The third kappa shape index (κ3) is 7.38. The van der Waals surface area contributed by atoms with E-state index < -0.39 is 39.2 Å². The molecule has 0 saturated heterocycles. The molecule has 0 saturated carbocycles. The van der Waals surface area contributed by atoms with Crippen LogP contribution < -0.4 is 5.32 Å². The lowest BCUT2D eigenvalue weighted by Crippen LogP contribution is -2.35. The molecule has 0 bridgehead atoms. The molecule has 1 amide bonds. The van der Waals surface area contributed by atoms with Gasteiger partial charge >= 0.3 is 0 Å². The van der Waals surface area contributed by atoms with E-state index in [-0.39, 0.29) is 12.2 Å². The number of amides is 1. The Bertz CT molecular complexity index is 900. The fourth-order valence-corrected chi connectivity index (χ4v) is 4.23. The van der Waals surface area contributed by atoms with Crippen molar-refractivity contribution in [2.75, 3.05) is 11.5 Å². The van der Waals surface area contributed by atoms with Crippen LogP contribution in [0.15, 0.2) is 48.5 Å². The zero-order valence-electron chi connectivity index (χ0n) is 15.8. The zero-order chi connectivity index (χ0) is 20.6. The Labute approximate surface area is 164 Å². The van der Waals surface area contributed by atoms with E-state index in [2.05, 4.69) is 5.32 Å². The Morgan fingerprint density at radius 3 is 2.36 bits per heavy atom. The van der Waals surface area contributed by atoms with Gasteiger partial charge in [0.05, 0.1) is 11.8 Å². The zero-order valence-corrected chi connectivity index (χ0v) is 16.6. The fraction of sp³-hybridized carbons (Fsp3) is 0.381. The smallest absolute Gasteiger partial charge is 0.235 e. The summed E-state index contributed by atoms with van der Waals surface area (Å²) in [6.45, 7) is 1.97. The van der Waals surface area contributed by atoms with Crippen molar-refractivity contribution >= 4 is 15.7 Å². The largest absolute Gasteiger partial charge is 0.348 e. The SMILES string of the molecule is CCCCCS(=O)(=O)CC(=O)NC(Cc1cccc(F)c1)c1cccc(F)c1. The molecule has 1 unspecified atom stereocenters. The highest BCUT2D eigenvalue weighted by Gasteiger charge is 2.21. The van der Waals surface area contributed by atoms with E-state index in [4.69, 9.17) is 0 Å². The fourth-order valence-electron chi connectivity index (χ4n) is 2.96. The highest BCUT2D eigenvalue weighted by molar-refractivity contribution is 7.92. The molecule has 2 aromatic carbocycles. The van der Waals surface area contributed by atoms with Gasteiger partial charge in [0.1, 0.15) is 17.4 Å². The maximum atomic E-state index is 13.6. The summed E-state index contributed by atoms with van der Waals surface area (Å²) in [7, 11) is -3.51. The van der Waals surface area contributed by atoms with E-state index in [1.807, 2.05) is 6.92 Å². The number of hydrogen-bond acceptors (Lipinski definition) is 3. The van der Waals surface area contributed by atoms with Gasteiger partial charge in [0, 0.05) is 0 Å². The summed E-state index contributed by atoms with van der Waals surface area (Å²) in [6.07, 6.45) is 2.40. The number of nitrogens with one attached hydrogen (secondary N) is 1. The van der Waals surface area contributed by atoms with Gasteiger partial charge in [0.15, 0.2) is 9.84 Å². The van der Waals surface area contributed by atoms with Gasteiger partial charge in [-0.05, 0) is 48.2 Å². The monoisotopic (exact) mass is 409 g/mol. The molecule has 0 fully saturated rings. The summed E-state index contributed by atoms with van der Waals surface area (Å²) in [6, 6.07) is 10.9. The Hall–Kier alpha value is -2.28. The molecule has 0 radical (unpaired) electrons. The molecular weight excluding hydrogens is 384 g/mol. The second-order valence-electron chi connectivity index (χ2n) is 6.81. The second kappa shape index (κ2) is 10.3. The van der Waals surface area contributed by atoms with Crippen LogP contribution in [0.3, 0.4) is 0 Å². The number of sulfone groups is 1. The Kier molecular flexibility index (Phi) is 8.11.